The molecule has 0 unspecified atom stereocenters. The van der Waals surface area contributed by atoms with Gasteiger partial charge < -0.3 is 14.6 Å². The van der Waals surface area contributed by atoms with Gasteiger partial charge in [0.15, 0.2) is 13.6 Å². The Kier molecular flexibility index (Phi) is 8.68. The zero-order chi connectivity index (χ0) is 17.2. The Labute approximate surface area is 119 Å². The Morgan fingerprint density at radius 1 is 1.27 bits per heavy atom. The summed E-state index contributed by atoms with van der Waals surface area (Å²) in [6.45, 7) is -2.24. The lowest BCUT2D eigenvalue weighted by molar-refractivity contribution is -0.767. The zero-order valence-electron chi connectivity index (χ0n) is 10.7. The first-order valence-corrected chi connectivity index (χ1v) is 5.17. The molecule has 0 radical (unpaired) electrons. The van der Waals surface area contributed by atoms with Crippen LogP contribution < -0.4 is 10.9 Å². The summed E-state index contributed by atoms with van der Waals surface area (Å²) in [5.74, 6) is -3.04. The van der Waals surface area contributed by atoms with E-state index in [0.717, 1.165) is 0 Å². The Hall–Kier alpha value is -2.23. The first kappa shape index (κ1) is 19.8. The van der Waals surface area contributed by atoms with Crippen molar-refractivity contribution in [3.63, 3.8) is 0 Å². The van der Waals surface area contributed by atoms with Gasteiger partial charge >= 0.3 is 12.3 Å². The largest absolute Gasteiger partial charge is 0.491 e. The number of carbonyl (C=O) groups is 2. The van der Waals surface area contributed by atoms with Crippen LogP contribution in [0, 0.1) is 10.1 Å². The van der Waals surface area contributed by atoms with Crippen LogP contribution in [0.3, 0.4) is 0 Å². The van der Waals surface area contributed by atoms with E-state index in [1.807, 2.05) is 0 Å². The van der Waals surface area contributed by atoms with E-state index in [9.17, 15) is 32.9 Å². The molecule has 15 heteroatoms. The van der Waals surface area contributed by atoms with Crippen molar-refractivity contribution in [1.29, 1.82) is 0 Å². The first-order valence-electron chi connectivity index (χ1n) is 5.17. The molecule has 0 saturated heterocycles. The third kappa shape index (κ3) is 10.5. The Morgan fingerprint density at radius 2 is 1.91 bits per heavy atom. The van der Waals surface area contributed by atoms with E-state index in [4.69, 9.17) is 5.11 Å². The molecule has 12 nitrogen and oxygen atoms in total. The van der Waals surface area contributed by atoms with E-state index >= 15 is 0 Å². The van der Waals surface area contributed by atoms with Crippen LogP contribution in [0.2, 0.25) is 0 Å². The molecule has 0 aromatic rings. The molecule has 0 rings (SSSR count). The van der Waals surface area contributed by atoms with Crippen molar-refractivity contribution < 1.29 is 47.3 Å². The molecule has 128 valence electrons. The summed E-state index contributed by atoms with van der Waals surface area (Å²) in [5, 5.41) is 16.1. The van der Waals surface area contributed by atoms with Crippen molar-refractivity contribution in [3.05, 3.63) is 10.1 Å². The van der Waals surface area contributed by atoms with E-state index in [2.05, 4.69) is 14.3 Å². The molecule has 0 aromatic heterocycles. The highest BCUT2D eigenvalue weighted by Gasteiger charge is 2.39. The number of carboxylic acids is 1. The normalized spacial score (nSPS) is 11.3. The molecule has 0 heterocycles. The van der Waals surface area contributed by atoms with Gasteiger partial charge in [0.05, 0.1) is 0 Å². The topological polar surface area (TPSA) is 152 Å². The smallest absolute Gasteiger partial charge is 0.481 e. The molecule has 0 aliphatic carbocycles. The van der Waals surface area contributed by atoms with Crippen molar-refractivity contribution in [2.45, 2.75) is 12.7 Å². The highest BCUT2D eigenvalue weighted by atomic mass is 19.4. The molecule has 0 aliphatic rings. The van der Waals surface area contributed by atoms with Crippen LogP contribution in [0.5, 0.6) is 0 Å². The molecule has 0 spiro atoms. The van der Waals surface area contributed by atoms with Gasteiger partial charge in [0.25, 0.3) is 5.09 Å². The standard InChI is InChI=1S/C7H11F3N4O8/c8-7(9,10)13(12-5(15)1-6(16)17)11-2-20-3-21-4-22-14(18)19/h11H,1-4H2,(H,12,15)(H,16,17). The van der Waals surface area contributed by atoms with Crippen molar-refractivity contribution >= 4 is 11.9 Å². The summed E-state index contributed by atoms with van der Waals surface area (Å²) in [7, 11) is 0. The van der Waals surface area contributed by atoms with Crippen LogP contribution in [0.25, 0.3) is 0 Å². The van der Waals surface area contributed by atoms with Gasteiger partial charge in [0, 0.05) is 0 Å². The summed E-state index contributed by atoms with van der Waals surface area (Å²) in [6, 6.07) is 0. The van der Waals surface area contributed by atoms with Gasteiger partial charge in [-0.15, -0.1) is 10.1 Å². The second kappa shape index (κ2) is 9.66. The van der Waals surface area contributed by atoms with Crippen LogP contribution in [-0.4, -0.2) is 53.8 Å². The molecular formula is C7H11F3N4O8. The Balaban J connectivity index is 4.04. The van der Waals surface area contributed by atoms with Gasteiger partial charge in [-0.1, -0.05) is 5.12 Å². The lowest BCUT2D eigenvalue weighted by Crippen LogP contribution is -2.58. The molecule has 0 atom stereocenters. The number of carboxylic acid groups (broad SMARTS) is 1. The fourth-order valence-corrected chi connectivity index (χ4v) is 0.819. The SMILES string of the molecule is O=C(O)CC(=O)NN(NCOCOCO[N+](=O)[O-])C(F)(F)F. The number of hydrogen-bond donors (Lipinski definition) is 3. The minimum Gasteiger partial charge on any atom is -0.481 e. The fourth-order valence-electron chi connectivity index (χ4n) is 0.819. The average molecular weight is 336 g/mol. The Bertz CT molecular complexity index is 392. The number of aliphatic carboxylic acids is 1. The number of nitrogens with one attached hydrogen (secondary N) is 2. The summed E-state index contributed by atoms with van der Waals surface area (Å²) in [6.07, 6.45) is -6.23. The van der Waals surface area contributed by atoms with Crippen LogP contribution in [-0.2, 0) is 23.9 Å². The van der Waals surface area contributed by atoms with Gasteiger partial charge in [-0.25, -0.2) is 5.43 Å². The molecule has 0 fully saturated rings. The number of amides is 1. The maximum absolute atomic E-state index is 12.5. The van der Waals surface area contributed by atoms with Crippen LogP contribution in [0.1, 0.15) is 6.42 Å². The maximum Gasteiger partial charge on any atom is 0.491 e. The van der Waals surface area contributed by atoms with E-state index in [0.29, 0.717) is 0 Å². The number of nitrogens with zero attached hydrogens (tertiary/aromatic N) is 2. The van der Waals surface area contributed by atoms with Gasteiger partial charge in [0.1, 0.15) is 13.2 Å². The second-order valence-electron chi connectivity index (χ2n) is 3.21. The molecular weight excluding hydrogens is 325 g/mol. The lowest BCUT2D eigenvalue weighted by Gasteiger charge is -2.25. The monoisotopic (exact) mass is 336 g/mol. The number of hydrazine groups is 2. The van der Waals surface area contributed by atoms with Gasteiger partial charge in [-0.2, -0.15) is 13.2 Å². The van der Waals surface area contributed by atoms with Crippen LogP contribution in [0.15, 0.2) is 0 Å². The minimum absolute atomic E-state index is 0.643. The molecule has 0 saturated carbocycles. The number of alkyl halides is 3. The summed E-state index contributed by atoms with van der Waals surface area (Å²) >= 11 is 0. The molecule has 0 aromatic carbocycles. The van der Waals surface area contributed by atoms with Crippen molar-refractivity contribution in [2.24, 2.45) is 0 Å². The van der Waals surface area contributed by atoms with Crippen LogP contribution in [0.4, 0.5) is 13.2 Å². The fraction of sp³-hybridized carbons (Fsp3) is 0.714. The van der Waals surface area contributed by atoms with Gasteiger partial charge in [-0.05, 0) is 0 Å². The predicted octanol–water partition coefficient (Wildman–Crippen LogP) is -1.07. The van der Waals surface area contributed by atoms with Crippen molar-refractivity contribution in [3.8, 4) is 0 Å². The number of hydrogen-bond acceptors (Lipinski definition) is 9. The number of rotatable bonds is 11. The van der Waals surface area contributed by atoms with Crippen LogP contribution >= 0.6 is 0 Å². The third-order valence-corrected chi connectivity index (χ3v) is 1.53. The third-order valence-electron chi connectivity index (χ3n) is 1.53. The molecule has 0 aliphatic heterocycles. The molecule has 0 bridgehead atoms. The number of carbonyl (C=O) groups excluding carboxylic acids is 1. The highest BCUT2D eigenvalue weighted by molar-refractivity contribution is 5.93. The van der Waals surface area contributed by atoms with E-state index in [1.165, 1.54) is 5.43 Å². The molecule has 1 amide bonds. The number of halogens is 3. The average Bonchev–Trinajstić information content (AvgIpc) is 2.33. The maximum atomic E-state index is 12.5. The number of ether oxygens (including phenoxy) is 2. The molecule has 22 heavy (non-hydrogen) atoms. The minimum atomic E-state index is -5.06. The lowest BCUT2D eigenvalue weighted by atomic mass is 10.4. The second-order valence-corrected chi connectivity index (χ2v) is 3.21. The van der Waals surface area contributed by atoms with Gasteiger partial charge in [0.2, 0.25) is 5.91 Å². The Morgan fingerprint density at radius 3 is 2.41 bits per heavy atom. The highest BCUT2D eigenvalue weighted by Crippen LogP contribution is 2.16. The van der Waals surface area contributed by atoms with Crippen molar-refractivity contribution in [1.82, 2.24) is 16.0 Å². The van der Waals surface area contributed by atoms with Gasteiger partial charge in [-0.3, -0.25) is 19.9 Å². The van der Waals surface area contributed by atoms with E-state index in [-0.39, 0.29) is 0 Å². The summed E-state index contributed by atoms with van der Waals surface area (Å²) in [4.78, 5) is 34.5. The quantitative estimate of drug-likeness (QED) is 0.106. The van der Waals surface area contributed by atoms with E-state index in [1.54, 1.807) is 5.43 Å². The molecule has 3 N–H and O–H groups in total. The zero-order valence-corrected chi connectivity index (χ0v) is 10.7. The summed E-state index contributed by atoms with van der Waals surface area (Å²) in [5.41, 5.74) is 2.82. The van der Waals surface area contributed by atoms with E-state index < -0.39 is 55.1 Å². The summed E-state index contributed by atoms with van der Waals surface area (Å²) < 4.78 is 46.2. The van der Waals surface area contributed by atoms with Crippen molar-refractivity contribution in [2.75, 3.05) is 20.3 Å². The first-order chi connectivity index (χ1) is 10.1. The predicted molar refractivity (Wildman–Crippen MR) is 56.3 cm³/mol.